The number of benzene rings is 1. The predicted molar refractivity (Wildman–Crippen MR) is 39.9 cm³/mol. The van der Waals surface area contributed by atoms with Crippen LogP contribution in [0, 0.1) is 18.6 Å². The molecule has 12 heavy (non-hydrogen) atoms. The SMILES string of the molecule is Cc1c(F)ccc(N=[N+]=[N-])c1F. The van der Waals surface area contributed by atoms with Gasteiger partial charge in [-0.1, -0.05) is 5.11 Å². The Kier molecular flexibility index (Phi) is 2.26. The van der Waals surface area contributed by atoms with Crippen molar-refractivity contribution in [3.8, 4) is 0 Å². The highest BCUT2D eigenvalue weighted by molar-refractivity contribution is 5.42. The molecule has 0 spiro atoms. The number of halogens is 2. The first-order valence-corrected chi connectivity index (χ1v) is 3.16. The molecule has 1 rings (SSSR count). The lowest BCUT2D eigenvalue weighted by Crippen LogP contribution is -1.87. The largest absolute Gasteiger partial charge is 0.207 e. The Bertz CT molecular complexity index is 356. The van der Waals surface area contributed by atoms with Crippen LogP contribution in [0.2, 0.25) is 0 Å². The molecular weight excluding hydrogens is 164 g/mol. The minimum atomic E-state index is -0.812. The molecule has 0 saturated carbocycles. The topological polar surface area (TPSA) is 48.8 Å². The predicted octanol–water partition coefficient (Wildman–Crippen LogP) is 3.22. The van der Waals surface area contributed by atoms with Crippen LogP contribution in [0.4, 0.5) is 14.5 Å². The number of azide groups is 1. The second-order valence-corrected chi connectivity index (χ2v) is 2.19. The van der Waals surface area contributed by atoms with E-state index in [4.69, 9.17) is 5.53 Å². The van der Waals surface area contributed by atoms with E-state index in [0.29, 0.717) is 0 Å². The molecule has 0 amide bonds. The van der Waals surface area contributed by atoms with Crippen molar-refractivity contribution in [2.75, 3.05) is 0 Å². The van der Waals surface area contributed by atoms with Gasteiger partial charge in [0.2, 0.25) is 0 Å². The van der Waals surface area contributed by atoms with Crippen molar-refractivity contribution in [3.63, 3.8) is 0 Å². The summed E-state index contributed by atoms with van der Waals surface area (Å²) in [5, 5.41) is 3.05. The number of hydrogen-bond donors (Lipinski definition) is 0. The van der Waals surface area contributed by atoms with Crippen LogP contribution in [-0.2, 0) is 0 Å². The van der Waals surface area contributed by atoms with E-state index in [-0.39, 0.29) is 11.3 Å². The smallest absolute Gasteiger partial charge is 0.138 e. The summed E-state index contributed by atoms with van der Waals surface area (Å²) in [6.07, 6.45) is 0. The van der Waals surface area contributed by atoms with Gasteiger partial charge >= 0.3 is 0 Å². The fourth-order valence-corrected chi connectivity index (χ4v) is 0.773. The fourth-order valence-electron chi connectivity index (χ4n) is 0.773. The van der Waals surface area contributed by atoms with Crippen LogP contribution in [0.5, 0.6) is 0 Å². The maximum atomic E-state index is 12.9. The lowest BCUT2D eigenvalue weighted by atomic mass is 10.2. The van der Waals surface area contributed by atoms with Crippen LogP contribution in [0.25, 0.3) is 10.4 Å². The highest BCUT2D eigenvalue weighted by Crippen LogP contribution is 2.22. The molecule has 0 bridgehead atoms. The van der Waals surface area contributed by atoms with Crippen LogP contribution in [0.1, 0.15) is 5.56 Å². The normalized spacial score (nSPS) is 9.25. The van der Waals surface area contributed by atoms with Gasteiger partial charge in [-0.2, -0.15) is 0 Å². The number of hydrogen-bond acceptors (Lipinski definition) is 1. The van der Waals surface area contributed by atoms with Gasteiger partial charge in [-0.15, -0.1) is 0 Å². The average Bonchev–Trinajstić information content (AvgIpc) is 2.07. The van der Waals surface area contributed by atoms with E-state index in [2.05, 4.69) is 10.0 Å². The van der Waals surface area contributed by atoms with Crippen molar-refractivity contribution in [3.05, 3.63) is 39.8 Å². The molecule has 3 nitrogen and oxygen atoms in total. The van der Waals surface area contributed by atoms with Crippen LogP contribution in [0.3, 0.4) is 0 Å². The van der Waals surface area contributed by atoms with Crippen molar-refractivity contribution in [1.82, 2.24) is 0 Å². The molecule has 0 aliphatic heterocycles. The minimum Gasteiger partial charge on any atom is -0.207 e. The quantitative estimate of drug-likeness (QED) is 0.352. The lowest BCUT2D eigenvalue weighted by Gasteiger charge is -1.99. The molecule has 0 radical (unpaired) electrons. The molecule has 0 heterocycles. The average molecular weight is 169 g/mol. The fraction of sp³-hybridized carbons (Fsp3) is 0.143. The number of nitrogens with zero attached hydrogens (tertiary/aromatic N) is 3. The molecule has 1 aromatic carbocycles. The van der Waals surface area contributed by atoms with E-state index in [1.807, 2.05) is 0 Å². The first kappa shape index (κ1) is 8.49. The van der Waals surface area contributed by atoms with Crippen LogP contribution < -0.4 is 0 Å². The van der Waals surface area contributed by atoms with Gasteiger partial charge in [-0.25, -0.2) is 8.78 Å². The Balaban J connectivity index is 3.35. The van der Waals surface area contributed by atoms with Gasteiger partial charge in [0.1, 0.15) is 11.6 Å². The van der Waals surface area contributed by atoms with Crippen LogP contribution in [0.15, 0.2) is 17.2 Å². The molecule has 1 aromatic rings. The summed E-state index contributed by atoms with van der Waals surface area (Å²) in [6, 6.07) is 2.15. The molecule has 0 aromatic heterocycles. The van der Waals surface area contributed by atoms with E-state index < -0.39 is 11.6 Å². The third-order valence-electron chi connectivity index (χ3n) is 1.45. The number of rotatable bonds is 1. The van der Waals surface area contributed by atoms with Gasteiger partial charge in [-0.3, -0.25) is 0 Å². The Morgan fingerprint density at radius 2 is 2.08 bits per heavy atom. The van der Waals surface area contributed by atoms with Gasteiger partial charge in [0.15, 0.2) is 0 Å². The summed E-state index contributed by atoms with van der Waals surface area (Å²) in [7, 11) is 0. The standard InChI is InChI=1S/C7H5F2N3/c1-4-5(8)2-3-6(7(4)9)11-12-10/h2-3H,1H3. The zero-order valence-electron chi connectivity index (χ0n) is 6.25. The molecule has 0 aliphatic rings. The minimum absolute atomic E-state index is 0.139. The van der Waals surface area contributed by atoms with Crippen molar-refractivity contribution < 1.29 is 8.78 Å². The van der Waals surface area contributed by atoms with Gasteiger partial charge in [0.05, 0.1) is 5.69 Å². The molecule has 0 unspecified atom stereocenters. The van der Waals surface area contributed by atoms with Gasteiger partial charge in [-0.05, 0) is 24.6 Å². The van der Waals surface area contributed by atoms with Gasteiger partial charge in [0.25, 0.3) is 0 Å². The summed E-state index contributed by atoms with van der Waals surface area (Å²) >= 11 is 0. The van der Waals surface area contributed by atoms with Crippen LogP contribution >= 0.6 is 0 Å². The Hall–Kier alpha value is -1.61. The first-order chi connectivity index (χ1) is 5.66. The third-order valence-corrected chi connectivity index (χ3v) is 1.45. The Morgan fingerprint density at radius 1 is 1.42 bits per heavy atom. The van der Waals surface area contributed by atoms with E-state index >= 15 is 0 Å². The summed E-state index contributed by atoms with van der Waals surface area (Å²) in [4.78, 5) is 2.40. The van der Waals surface area contributed by atoms with Crippen molar-refractivity contribution >= 4 is 5.69 Å². The monoisotopic (exact) mass is 169 g/mol. The second-order valence-electron chi connectivity index (χ2n) is 2.19. The summed E-state index contributed by atoms with van der Waals surface area (Å²) in [5.74, 6) is -1.46. The summed E-state index contributed by atoms with van der Waals surface area (Å²) < 4.78 is 25.6. The molecule has 0 aliphatic carbocycles. The first-order valence-electron chi connectivity index (χ1n) is 3.16. The second kappa shape index (κ2) is 3.19. The Labute approximate surface area is 67.3 Å². The van der Waals surface area contributed by atoms with Gasteiger partial charge in [0, 0.05) is 10.5 Å². The third kappa shape index (κ3) is 1.35. The van der Waals surface area contributed by atoms with Crippen molar-refractivity contribution in [1.29, 1.82) is 0 Å². The molecule has 0 saturated heterocycles. The molecule has 0 atom stereocenters. The molecule has 0 fully saturated rings. The van der Waals surface area contributed by atoms with Crippen LogP contribution in [-0.4, -0.2) is 0 Å². The maximum absolute atomic E-state index is 12.9. The van der Waals surface area contributed by atoms with E-state index in [1.54, 1.807) is 0 Å². The van der Waals surface area contributed by atoms with Crippen molar-refractivity contribution in [2.45, 2.75) is 6.92 Å². The molecular formula is C7H5F2N3. The summed E-state index contributed by atoms with van der Waals surface area (Å²) in [6.45, 7) is 1.28. The maximum Gasteiger partial charge on any atom is 0.138 e. The van der Waals surface area contributed by atoms with Gasteiger partial charge < -0.3 is 0 Å². The zero-order chi connectivity index (χ0) is 9.14. The lowest BCUT2D eigenvalue weighted by molar-refractivity contribution is 0.569. The van der Waals surface area contributed by atoms with E-state index in [0.717, 1.165) is 12.1 Å². The van der Waals surface area contributed by atoms with E-state index in [9.17, 15) is 8.78 Å². The van der Waals surface area contributed by atoms with E-state index in [1.165, 1.54) is 6.92 Å². The summed E-state index contributed by atoms with van der Waals surface area (Å²) in [5.41, 5.74) is 7.68. The zero-order valence-corrected chi connectivity index (χ0v) is 6.25. The Morgan fingerprint density at radius 3 is 2.67 bits per heavy atom. The highest BCUT2D eigenvalue weighted by Gasteiger charge is 2.07. The molecule has 0 N–H and O–H groups in total. The highest BCUT2D eigenvalue weighted by atomic mass is 19.1. The molecule has 5 heteroatoms. The molecule has 62 valence electrons. The van der Waals surface area contributed by atoms with Crippen molar-refractivity contribution in [2.24, 2.45) is 5.11 Å².